The third-order valence-electron chi connectivity index (χ3n) is 3.05. The van der Waals surface area contributed by atoms with Crippen molar-refractivity contribution >= 4 is 5.97 Å². The molecule has 0 fully saturated rings. The van der Waals surface area contributed by atoms with E-state index in [1.165, 1.54) is 6.08 Å². The molecule has 0 aromatic carbocycles. The maximum absolute atomic E-state index is 13.8. The molecule has 0 saturated heterocycles. The summed E-state index contributed by atoms with van der Waals surface area (Å²) in [6.45, 7) is -0.857. The Hall–Kier alpha value is -1.86. The van der Waals surface area contributed by atoms with Gasteiger partial charge in [-0.25, -0.2) is 8.78 Å². The van der Waals surface area contributed by atoms with Gasteiger partial charge >= 0.3 is 11.9 Å². The number of hydrogen-bond donors (Lipinski definition) is 1. The summed E-state index contributed by atoms with van der Waals surface area (Å²) in [6.07, 6.45) is -1.81. The van der Waals surface area contributed by atoms with Crippen LogP contribution in [-0.2, 0) is 17.3 Å². The van der Waals surface area contributed by atoms with E-state index in [2.05, 4.69) is 5.10 Å². The maximum atomic E-state index is 13.8. The molecule has 0 spiro atoms. The van der Waals surface area contributed by atoms with Gasteiger partial charge in [-0.05, 0) is 0 Å². The Morgan fingerprint density at radius 1 is 1.56 bits per heavy atom. The summed E-state index contributed by atoms with van der Waals surface area (Å²) >= 11 is 0. The molecule has 4 nitrogen and oxygen atoms in total. The first-order chi connectivity index (χ1) is 8.34. The minimum atomic E-state index is -3.39. The van der Waals surface area contributed by atoms with Crippen molar-refractivity contribution in [2.24, 2.45) is 0 Å². The quantitative estimate of drug-likeness (QED) is 0.669. The predicted molar refractivity (Wildman–Crippen MR) is 49.5 cm³/mol. The molecule has 2 aliphatic rings. The fourth-order valence-electron chi connectivity index (χ4n) is 2.34. The fraction of sp³-hybridized carbons (Fsp3) is 0.400. The molecular formula is C10H6F4N2O2. The van der Waals surface area contributed by atoms with Gasteiger partial charge in [-0.3, -0.25) is 9.48 Å². The van der Waals surface area contributed by atoms with E-state index in [-0.39, 0.29) is 11.1 Å². The van der Waals surface area contributed by atoms with Crippen LogP contribution in [0.5, 0.6) is 0 Å². The zero-order valence-electron chi connectivity index (χ0n) is 8.70. The first-order valence-corrected chi connectivity index (χ1v) is 5.05. The van der Waals surface area contributed by atoms with E-state index in [1.54, 1.807) is 0 Å². The molecule has 2 aliphatic carbocycles. The van der Waals surface area contributed by atoms with Crippen molar-refractivity contribution < 1.29 is 27.5 Å². The van der Waals surface area contributed by atoms with E-state index in [1.807, 2.05) is 0 Å². The van der Waals surface area contributed by atoms with E-state index >= 15 is 0 Å². The number of carboxylic acids is 1. The van der Waals surface area contributed by atoms with E-state index in [9.17, 15) is 22.4 Å². The van der Waals surface area contributed by atoms with Crippen LogP contribution in [0.15, 0.2) is 11.6 Å². The molecule has 0 radical (unpaired) electrons. The van der Waals surface area contributed by atoms with Gasteiger partial charge in [0.15, 0.2) is 0 Å². The monoisotopic (exact) mass is 262 g/mol. The van der Waals surface area contributed by atoms with Gasteiger partial charge in [0.25, 0.3) is 6.43 Å². The molecule has 1 aromatic heterocycles. The molecule has 1 N–H and O–H groups in total. The van der Waals surface area contributed by atoms with Crippen LogP contribution >= 0.6 is 0 Å². The van der Waals surface area contributed by atoms with Crippen LogP contribution in [0.2, 0.25) is 0 Å². The van der Waals surface area contributed by atoms with Gasteiger partial charge < -0.3 is 5.11 Å². The summed E-state index contributed by atoms with van der Waals surface area (Å²) in [5.41, 5.74) is -1.93. The zero-order valence-corrected chi connectivity index (χ0v) is 8.70. The summed E-state index contributed by atoms with van der Waals surface area (Å²) in [7, 11) is 0. The van der Waals surface area contributed by atoms with Crippen LogP contribution in [-0.4, -0.2) is 20.9 Å². The van der Waals surface area contributed by atoms with Crippen LogP contribution in [0.3, 0.4) is 0 Å². The molecule has 0 saturated carbocycles. The van der Waals surface area contributed by atoms with E-state index < -0.39 is 42.2 Å². The Kier molecular flexibility index (Phi) is 1.95. The van der Waals surface area contributed by atoms with Crippen molar-refractivity contribution in [3.63, 3.8) is 0 Å². The smallest absolute Gasteiger partial charge is 0.325 e. The third kappa shape index (κ3) is 1.25. The number of allylic oxidation sites excluding steroid dienone is 2. The number of hydrogen-bond acceptors (Lipinski definition) is 2. The topological polar surface area (TPSA) is 55.1 Å². The first kappa shape index (κ1) is 11.2. The highest BCUT2D eigenvalue weighted by atomic mass is 19.3. The highest BCUT2D eigenvalue weighted by molar-refractivity contribution is 5.68. The number of fused-ring (bicyclic) bond motifs is 3. The van der Waals surface area contributed by atoms with E-state index in [0.717, 1.165) is 0 Å². The second kappa shape index (κ2) is 3.12. The maximum Gasteiger partial charge on any atom is 0.325 e. The lowest BCUT2D eigenvalue weighted by Gasteiger charge is -2.11. The summed E-state index contributed by atoms with van der Waals surface area (Å²) in [5, 5.41) is 11.9. The van der Waals surface area contributed by atoms with Crippen LogP contribution in [0.25, 0.3) is 0 Å². The average Bonchev–Trinajstić information content (AvgIpc) is 2.88. The van der Waals surface area contributed by atoms with Crippen LogP contribution < -0.4 is 0 Å². The highest BCUT2D eigenvalue weighted by Crippen LogP contribution is 2.63. The average molecular weight is 262 g/mol. The summed E-state index contributed by atoms with van der Waals surface area (Å²) in [4.78, 5) is 10.5. The van der Waals surface area contributed by atoms with Crippen LogP contribution in [0.1, 0.15) is 29.3 Å². The Morgan fingerprint density at radius 3 is 2.78 bits per heavy atom. The second-order valence-corrected chi connectivity index (χ2v) is 4.17. The number of aliphatic carboxylic acids is 1. The summed E-state index contributed by atoms with van der Waals surface area (Å²) < 4.78 is 53.5. The molecule has 1 heterocycles. The lowest BCUT2D eigenvalue weighted by atomic mass is 10.1. The van der Waals surface area contributed by atoms with Gasteiger partial charge in [0, 0.05) is 17.1 Å². The summed E-state index contributed by atoms with van der Waals surface area (Å²) in [5.74, 6) is -5.61. The Morgan fingerprint density at radius 2 is 2.22 bits per heavy atom. The van der Waals surface area contributed by atoms with Gasteiger partial charge in [0.05, 0.1) is 0 Å². The zero-order chi connectivity index (χ0) is 13.2. The van der Waals surface area contributed by atoms with Gasteiger partial charge in [-0.2, -0.15) is 13.9 Å². The first-order valence-electron chi connectivity index (χ1n) is 5.05. The lowest BCUT2D eigenvalue weighted by molar-refractivity contribution is -0.138. The minimum absolute atomic E-state index is 0.230. The van der Waals surface area contributed by atoms with Gasteiger partial charge in [-0.1, -0.05) is 6.08 Å². The Bertz CT molecular complexity index is 591. The molecule has 1 atom stereocenters. The van der Waals surface area contributed by atoms with Crippen molar-refractivity contribution in [3.05, 3.63) is 28.6 Å². The SMILES string of the molecule is O=C(O)Cn1nc(C(F)F)c2c1C(F)(F)C1=C[C@H]12. The number of nitrogens with zero attached hydrogens (tertiary/aromatic N) is 2. The molecule has 1 aromatic rings. The van der Waals surface area contributed by atoms with Crippen LogP contribution in [0, 0.1) is 0 Å². The molecule has 0 unspecified atom stereocenters. The lowest BCUT2D eigenvalue weighted by Crippen LogP contribution is -2.20. The van der Waals surface area contributed by atoms with E-state index in [0.29, 0.717) is 4.68 Å². The van der Waals surface area contributed by atoms with Crippen molar-refractivity contribution in [1.29, 1.82) is 0 Å². The number of alkyl halides is 4. The van der Waals surface area contributed by atoms with Crippen molar-refractivity contribution in [3.8, 4) is 0 Å². The fourth-order valence-corrected chi connectivity index (χ4v) is 2.34. The molecular weight excluding hydrogens is 256 g/mol. The minimum Gasteiger partial charge on any atom is -0.480 e. The number of carbonyl (C=O) groups is 1. The second-order valence-electron chi connectivity index (χ2n) is 4.17. The molecule has 3 rings (SSSR count). The van der Waals surface area contributed by atoms with Crippen molar-refractivity contribution in [2.45, 2.75) is 24.8 Å². The number of aromatic nitrogens is 2. The molecule has 0 bridgehead atoms. The normalized spacial score (nSPS) is 22.7. The Labute approximate surface area is 97.5 Å². The largest absolute Gasteiger partial charge is 0.480 e. The predicted octanol–water partition coefficient (Wildman–Crippen LogP) is 2.03. The highest BCUT2D eigenvalue weighted by Gasteiger charge is 2.60. The van der Waals surface area contributed by atoms with E-state index in [4.69, 9.17) is 5.11 Å². The molecule has 0 aliphatic heterocycles. The van der Waals surface area contributed by atoms with Gasteiger partial charge in [0.2, 0.25) is 0 Å². The van der Waals surface area contributed by atoms with Gasteiger partial charge in [-0.15, -0.1) is 0 Å². The summed E-state index contributed by atoms with van der Waals surface area (Å²) in [6, 6.07) is 0. The molecule has 96 valence electrons. The van der Waals surface area contributed by atoms with Gasteiger partial charge in [0.1, 0.15) is 17.9 Å². The number of halogens is 4. The standard InChI is InChI=1S/C10H6F4N2O2/c11-9(12)7-6-3-1-4(3)10(13,14)8(6)16(15-7)2-5(17)18/h1,3,9H,2H2,(H,17,18)/t3-/m1/s1. The number of carboxylic acid groups (broad SMARTS) is 1. The van der Waals surface area contributed by atoms with Crippen molar-refractivity contribution in [2.75, 3.05) is 0 Å². The third-order valence-corrected chi connectivity index (χ3v) is 3.05. The number of rotatable bonds is 3. The Balaban J connectivity index is 2.17. The van der Waals surface area contributed by atoms with Crippen LogP contribution in [0.4, 0.5) is 17.6 Å². The molecule has 18 heavy (non-hydrogen) atoms. The molecule has 0 amide bonds. The van der Waals surface area contributed by atoms with Crippen molar-refractivity contribution in [1.82, 2.24) is 9.78 Å². The molecule has 8 heteroatoms.